The maximum Gasteiger partial charge on any atom is 0.253 e. The number of aromatic nitrogens is 1. The number of anilines is 1. The van der Waals surface area contributed by atoms with E-state index < -0.39 is 27.9 Å². The number of carbonyl (C=O) groups is 2. The molecule has 0 saturated carbocycles. The number of para-hydroxylation sites is 2. The van der Waals surface area contributed by atoms with Gasteiger partial charge in [-0.25, -0.2) is 18.3 Å². The van der Waals surface area contributed by atoms with Crippen molar-refractivity contribution in [3.05, 3.63) is 66.0 Å². The molecule has 190 valence electrons. The molecule has 2 aromatic carbocycles. The lowest BCUT2D eigenvalue weighted by Gasteiger charge is -2.28. The highest BCUT2D eigenvalue weighted by Gasteiger charge is 2.48. The summed E-state index contributed by atoms with van der Waals surface area (Å²) in [6.45, 7) is 0.572. The molecule has 2 atom stereocenters. The number of rotatable bonds is 7. The topological polar surface area (TPSA) is 110 Å². The molecule has 2 fully saturated rings. The number of thiophene rings is 1. The van der Waals surface area contributed by atoms with Gasteiger partial charge in [-0.05, 0) is 60.7 Å². The van der Waals surface area contributed by atoms with Crippen LogP contribution >= 0.6 is 11.3 Å². The summed E-state index contributed by atoms with van der Waals surface area (Å²) in [5, 5.41) is 1.67. The fourth-order valence-electron chi connectivity index (χ4n) is 4.77. The number of carbonyl (C=O) groups excluding carboxylic acids is 2. The monoisotopic (exact) mass is 537 g/mol. The average molecular weight is 538 g/mol. The molecule has 2 amide bonds. The molecule has 0 aliphatic carbocycles. The highest BCUT2D eigenvalue weighted by Crippen LogP contribution is 2.33. The number of amides is 2. The van der Waals surface area contributed by atoms with E-state index in [2.05, 4.69) is 4.98 Å². The molecule has 2 saturated heterocycles. The number of nitrogens with zero attached hydrogens (tertiary/aromatic N) is 3. The number of imide groups is 1. The Morgan fingerprint density at radius 3 is 2.57 bits per heavy atom. The van der Waals surface area contributed by atoms with Gasteiger partial charge < -0.3 is 9.15 Å². The number of hydrogen-bond donors (Lipinski definition) is 0. The molecule has 0 radical (unpaired) electrons. The van der Waals surface area contributed by atoms with Crippen molar-refractivity contribution in [1.29, 1.82) is 0 Å². The SMILES string of the molecule is O=C1CC(N(CC2CCCO2)S(=O)(=O)c2cccs2)C(=O)N1c1ccc(-c2nc3ccccc3o2)cc1. The minimum absolute atomic E-state index is 0.0222. The number of fused-ring (bicyclic) bond motifs is 1. The zero-order valence-corrected chi connectivity index (χ0v) is 21.3. The lowest BCUT2D eigenvalue weighted by molar-refractivity contribution is -0.122. The van der Waals surface area contributed by atoms with Crippen LogP contribution in [0.3, 0.4) is 0 Å². The second-order valence-electron chi connectivity index (χ2n) is 8.96. The van der Waals surface area contributed by atoms with Gasteiger partial charge in [-0.1, -0.05) is 18.2 Å². The number of hydrogen-bond acceptors (Lipinski definition) is 8. The zero-order valence-electron chi connectivity index (χ0n) is 19.6. The average Bonchev–Trinajstić information content (AvgIpc) is 3.70. The first kappa shape index (κ1) is 24.0. The van der Waals surface area contributed by atoms with Crippen LogP contribution in [0.15, 0.2) is 74.7 Å². The number of oxazole rings is 1. The zero-order chi connectivity index (χ0) is 25.6. The molecule has 9 nitrogen and oxygen atoms in total. The summed E-state index contributed by atoms with van der Waals surface area (Å²) in [5.41, 5.74) is 2.44. The summed E-state index contributed by atoms with van der Waals surface area (Å²) in [6, 6.07) is 16.2. The van der Waals surface area contributed by atoms with Crippen LogP contribution in [0.1, 0.15) is 19.3 Å². The normalized spacial score (nSPS) is 20.5. The Balaban J connectivity index is 1.28. The predicted molar refractivity (Wildman–Crippen MR) is 138 cm³/mol. The van der Waals surface area contributed by atoms with Crippen LogP contribution in [0.2, 0.25) is 0 Å². The minimum atomic E-state index is -3.99. The first-order valence-electron chi connectivity index (χ1n) is 11.9. The van der Waals surface area contributed by atoms with Gasteiger partial charge in [0.1, 0.15) is 15.8 Å². The van der Waals surface area contributed by atoms with Crippen molar-refractivity contribution in [2.75, 3.05) is 18.1 Å². The third-order valence-corrected chi connectivity index (χ3v) is 9.85. The van der Waals surface area contributed by atoms with E-state index in [0.29, 0.717) is 35.8 Å². The Bertz CT molecular complexity index is 1520. The molecule has 37 heavy (non-hydrogen) atoms. The quantitative estimate of drug-likeness (QED) is 0.327. The van der Waals surface area contributed by atoms with E-state index in [1.54, 1.807) is 35.7 Å². The van der Waals surface area contributed by atoms with Crippen LogP contribution in [0, 0.1) is 0 Å². The third kappa shape index (κ3) is 4.37. The van der Waals surface area contributed by atoms with Crippen molar-refractivity contribution in [2.24, 2.45) is 0 Å². The molecule has 0 bridgehead atoms. The van der Waals surface area contributed by atoms with Gasteiger partial charge in [0, 0.05) is 18.7 Å². The lowest BCUT2D eigenvalue weighted by Crippen LogP contribution is -2.48. The fourth-order valence-corrected chi connectivity index (χ4v) is 7.50. The third-order valence-electron chi connectivity index (χ3n) is 6.60. The maximum absolute atomic E-state index is 13.6. The summed E-state index contributed by atoms with van der Waals surface area (Å²) in [6.07, 6.45) is 0.977. The smallest absolute Gasteiger partial charge is 0.253 e. The highest BCUT2D eigenvalue weighted by molar-refractivity contribution is 7.91. The molecule has 2 aliphatic heterocycles. The van der Waals surface area contributed by atoms with Gasteiger partial charge in [0.2, 0.25) is 11.8 Å². The summed E-state index contributed by atoms with van der Waals surface area (Å²) >= 11 is 1.08. The summed E-state index contributed by atoms with van der Waals surface area (Å²) in [4.78, 5) is 32.1. The van der Waals surface area contributed by atoms with E-state index in [1.165, 1.54) is 6.07 Å². The van der Waals surface area contributed by atoms with Gasteiger partial charge in [-0.2, -0.15) is 4.31 Å². The first-order valence-corrected chi connectivity index (χ1v) is 14.2. The van der Waals surface area contributed by atoms with E-state index in [1.807, 2.05) is 24.3 Å². The predicted octanol–water partition coefficient (Wildman–Crippen LogP) is 4.06. The number of ether oxygens (including phenoxy) is 1. The van der Waals surface area contributed by atoms with Gasteiger partial charge in [0.25, 0.3) is 15.9 Å². The Morgan fingerprint density at radius 2 is 1.86 bits per heavy atom. The first-order chi connectivity index (χ1) is 17.9. The molecule has 0 spiro atoms. The van der Waals surface area contributed by atoms with Crippen LogP contribution in [0.25, 0.3) is 22.6 Å². The molecule has 2 aliphatic rings. The van der Waals surface area contributed by atoms with Crippen molar-refractivity contribution in [3.63, 3.8) is 0 Å². The van der Waals surface area contributed by atoms with Gasteiger partial charge in [0.15, 0.2) is 5.58 Å². The van der Waals surface area contributed by atoms with Gasteiger partial charge >= 0.3 is 0 Å². The molecular weight excluding hydrogens is 514 g/mol. The number of sulfonamides is 1. The van der Waals surface area contributed by atoms with Crippen LogP contribution < -0.4 is 4.90 Å². The lowest BCUT2D eigenvalue weighted by atomic mass is 10.2. The van der Waals surface area contributed by atoms with Gasteiger partial charge in [0.05, 0.1) is 18.2 Å². The van der Waals surface area contributed by atoms with Crippen LogP contribution in [0.4, 0.5) is 5.69 Å². The molecule has 4 aromatic rings. The summed E-state index contributed by atoms with van der Waals surface area (Å²) in [7, 11) is -3.99. The Morgan fingerprint density at radius 1 is 1.05 bits per heavy atom. The largest absolute Gasteiger partial charge is 0.436 e. The van der Waals surface area contributed by atoms with Crippen LogP contribution in [-0.2, 0) is 24.3 Å². The second kappa shape index (κ2) is 9.49. The standard InChI is InChI=1S/C26H23N3O6S2/c30-23-15-21(28(16-19-5-3-13-34-19)37(32,33)24-8-4-14-36-24)26(31)29(23)18-11-9-17(10-12-18)25-27-20-6-1-2-7-22(20)35-25/h1-2,4,6-12,14,19,21H,3,5,13,15-16H2. The Hall–Kier alpha value is -3.38. The molecule has 2 unspecified atom stereocenters. The van der Waals surface area contributed by atoms with Crippen molar-refractivity contribution < 1.29 is 27.2 Å². The van der Waals surface area contributed by atoms with Crippen molar-refractivity contribution in [3.8, 4) is 11.5 Å². The molecular formula is C26H23N3O6S2. The van der Waals surface area contributed by atoms with E-state index >= 15 is 0 Å². The van der Waals surface area contributed by atoms with Crippen molar-refractivity contribution >= 4 is 50.0 Å². The van der Waals surface area contributed by atoms with E-state index in [-0.39, 0.29) is 23.3 Å². The number of benzene rings is 2. The van der Waals surface area contributed by atoms with Crippen molar-refractivity contribution in [1.82, 2.24) is 9.29 Å². The van der Waals surface area contributed by atoms with Gasteiger partial charge in [-0.15, -0.1) is 11.3 Å². The molecule has 2 aromatic heterocycles. The van der Waals surface area contributed by atoms with Crippen LogP contribution in [0.5, 0.6) is 0 Å². The van der Waals surface area contributed by atoms with E-state index in [0.717, 1.165) is 32.5 Å². The molecule has 4 heterocycles. The van der Waals surface area contributed by atoms with E-state index in [9.17, 15) is 18.0 Å². The van der Waals surface area contributed by atoms with E-state index in [4.69, 9.17) is 9.15 Å². The summed E-state index contributed by atoms with van der Waals surface area (Å²) < 4.78 is 39.8. The highest BCUT2D eigenvalue weighted by atomic mass is 32.2. The summed E-state index contributed by atoms with van der Waals surface area (Å²) in [5.74, 6) is -0.601. The molecule has 11 heteroatoms. The van der Waals surface area contributed by atoms with Crippen LogP contribution in [-0.4, -0.2) is 54.8 Å². The molecule has 0 N–H and O–H groups in total. The fraction of sp³-hybridized carbons (Fsp3) is 0.269. The maximum atomic E-state index is 13.6. The Labute approximate surface area is 217 Å². The molecule has 6 rings (SSSR count). The Kier molecular flexibility index (Phi) is 6.15. The second-order valence-corrected chi connectivity index (χ2v) is 12.0. The van der Waals surface area contributed by atoms with Gasteiger partial charge in [-0.3, -0.25) is 9.59 Å². The van der Waals surface area contributed by atoms with Crippen molar-refractivity contribution in [2.45, 2.75) is 35.6 Å². The minimum Gasteiger partial charge on any atom is -0.436 e.